The molecule has 2 aromatic carbocycles. The van der Waals surface area contributed by atoms with Gasteiger partial charge in [0, 0.05) is 5.56 Å². The second-order valence-electron chi connectivity index (χ2n) is 4.21. The Labute approximate surface area is 94.7 Å². The topological polar surface area (TPSA) is 0 Å². The quantitative estimate of drug-likeness (QED) is 0.675. The standard InChI is InChI=1S/C14H17S/c1-11-8-9-12-6-4-5-7-13(12)14(11)10-15(2)3/h4-9H,10H2,1-3H3/q+1. The molecule has 0 spiro atoms. The minimum absolute atomic E-state index is 0.467. The van der Waals surface area contributed by atoms with Gasteiger partial charge >= 0.3 is 0 Å². The molecule has 15 heavy (non-hydrogen) atoms. The van der Waals surface area contributed by atoms with Crippen LogP contribution >= 0.6 is 0 Å². The van der Waals surface area contributed by atoms with Crippen LogP contribution in [-0.4, -0.2) is 12.5 Å². The van der Waals surface area contributed by atoms with Crippen LogP contribution < -0.4 is 0 Å². The summed E-state index contributed by atoms with van der Waals surface area (Å²) >= 11 is 0. The van der Waals surface area contributed by atoms with E-state index in [0.717, 1.165) is 0 Å². The Bertz CT molecular complexity index is 472. The maximum absolute atomic E-state index is 2.31. The van der Waals surface area contributed by atoms with E-state index in [1.807, 2.05) is 0 Å². The smallest absolute Gasteiger partial charge is 0.0616 e. The Morgan fingerprint density at radius 3 is 2.47 bits per heavy atom. The van der Waals surface area contributed by atoms with Gasteiger partial charge in [-0.2, -0.15) is 0 Å². The largest absolute Gasteiger partial charge is 0.133 e. The molecule has 0 atom stereocenters. The van der Waals surface area contributed by atoms with E-state index in [1.165, 1.54) is 27.7 Å². The fourth-order valence-corrected chi connectivity index (χ4v) is 2.89. The van der Waals surface area contributed by atoms with Gasteiger partial charge in [0.2, 0.25) is 0 Å². The number of rotatable bonds is 2. The molecule has 0 bridgehead atoms. The fourth-order valence-electron chi connectivity index (χ4n) is 1.93. The molecule has 0 unspecified atom stereocenters. The maximum Gasteiger partial charge on any atom is 0.133 e. The van der Waals surface area contributed by atoms with Gasteiger partial charge < -0.3 is 0 Å². The predicted octanol–water partition coefficient (Wildman–Crippen LogP) is 3.53. The van der Waals surface area contributed by atoms with Gasteiger partial charge in [0.1, 0.15) is 5.75 Å². The Balaban J connectivity index is 2.63. The zero-order valence-electron chi connectivity index (χ0n) is 9.58. The lowest BCUT2D eigenvalue weighted by Crippen LogP contribution is -2.02. The maximum atomic E-state index is 2.31. The number of hydrogen-bond donors (Lipinski definition) is 0. The minimum atomic E-state index is 0.467. The summed E-state index contributed by atoms with van der Waals surface area (Å²) in [6.45, 7) is 2.22. The summed E-state index contributed by atoms with van der Waals surface area (Å²) in [5.41, 5.74) is 2.95. The predicted molar refractivity (Wildman–Crippen MR) is 71.6 cm³/mol. The molecule has 0 aliphatic carbocycles. The third kappa shape index (κ3) is 2.18. The van der Waals surface area contributed by atoms with Crippen molar-refractivity contribution in [3.8, 4) is 0 Å². The molecule has 0 amide bonds. The molecular weight excluding hydrogens is 200 g/mol. The van der Waals surface area contributed by atoms with E-state index < -0.39 is 0 Å². The Morgan fingerprint density at radius 2 is 1.73 bits per heavy atom. The fraction of sp³-hybridized carbons (Fsp3) is 0.286. The van der Waals surface area contributed by atoms with Gasteiger partial charge in [-0.3, -0.25) is 0 Å². The Morgan fingerprint density at radius 1 is 1.00 bits per heavy atom. The first-order valence-electron chi connectivity index (χ1n) is 5.20. The van der Waals surface area contributed by atoms with Crippen LogP contribution in [0.4, 0.5) is 0 Å². The van der Waals surface area contributed by atoms with Gasteiger partial charge in [0.05, 0.1) is 12.5 Å². The Hall–Kier alpha value is -0.950. The van der Waals surface area contributed by atoms with Crippen LogP contribution in [0.5, 0.6) is 0 Å². The van der Waals surface area contributed by atoms with Gasteiger partial charge in [0.25, 0.3) is 0 Å². The summed E-state index contributed by atoms with van der Waals surface area (Å²) in [6, 6.07) is 13.1. The molecule has 0 aliphatic heterocycles. The molecule has 1 heteroatoms. The second kappa shape index (κ2) is 4.28. The zero-order valence-corrected chi connectivity index (χ0v) is 10.4. The van der Waals surface area contributed by atoms with Crippen molar-refractivity contribution in [3.05, 3.63) is 47.5 Å². The normalized spacial score (nSPS) is 11.2. The van der Waals surface area contributed by atoms with Crippen LogP contribution in [0.1, 0.15) is 11.1 Å². The van der Waals surface area contributed by atoms with Crippen LogP contribution in [-0.2, 0) is 16.6 Å². The molecule has 2 aromatic rings. The van der Waals surface area contributed by atoms with E-state index >= 15 is 0 Å². The number of benzene rings is 2. The molecule has 0 heterocycles. The average molecular weight is 217 g/mol. The number of hydrogen-bond acceptors (Lipinski definition) is 0. The third-order valence-corrected chi connectivity index (χ3v) is 3.57. The van der Waals surface area contributed by atoms with E-state index in [1.54, 1.807) is 0 Å². The van der Waals surface area contributed by atoms with E-state index in [9.17, 15) is 0 Å². The van der Waals surface area contributed by atoms with Crippen molar-refractivity contribution >= 4 is 21.7 Å². The van der Waals surface area contributed by atoms with E-state index in [4.69, 9.17) is 0 Å². The van der Waals surface area contributed by atoms with Crippen molar-refractivity contribution in [2.24, 2.45) is 0 Å². The van der Waals surface area contributed by atoms with E-state index in [-0.39, 0.29) is 0 Å². The highest BCUT2D eigenvalue weighted by Gasteiger charge is 2.10. The van der Waals surface area contributed by atoms with Crippen LogP contribution in [0.15, 0.2) is 36.4 Å². The van der Waals surface area contributed by atoms with Gasteiger partial charge in [-0.05, 0) is 34.2 Å². The summed E-state index contributed by atoms with van der Waals surface area (Å²) in [7, 11) is 0.467. The molecule has 0 saturated heterocycles. The second-order valence-corrected chi connectivity index (χ2v) is 6.47. The highest BCUT2D eigenvalue weighted by molar-refractivity contribution is 7.94. The van der Waals surface area contributed by atoms with E-state index in [0.29, 0.717) is 10.9 Å². The first kappa shape index (κ1) is 10.6. The molecular formula is C14H17S+. The van der Waals surface area contributed by atoms with Crippen molar-refractivity contribution in [2.45, 2.75) is 12.7 Å². The summed E-state index contributed by atoms with van der Waals surface area (Å²) in [5, 5.41) is 2.79. The molecule has 0 saturated carbocycles. The number of aryl methyl sites for hydroxylation is 1. The number of fused-ring (bicyclic) bond motifs is 1. The van der Waals surface area contributed by atoms with Gasteiger partial charge in [0.15, 0.2) is 0 Å². The SMILES string of the molecule is Cc1ccc2ccccc2c1C[S+](C)C. The summed E-state index contributed by atoms with van der Waals surface area (Å²) in [6.07, 6.45) is 4.61. The molecule has 0 fully saturated rings. The highest BCUT2D eigenvalue weighted by atomic mass is 32.2. The van der Waals surface area contributed by atoms with Crippen molar-refractivity contribution in [1.82, 2.24) is 0 Å². The lowest BCUT2D eigenvalue weighted by atomic mass is 10.0. The van der Waals surface area contributed by atoms with Crippen LogP contribution in [0.3, 0.4) is 0 Å². The molecule has 0 N–H and O–H groups in total. The highest BCUT2D eigenvalue weighted by Crippen LogP contribution is 2.23. The summed E-state index contributed by atoms with van der Waals surface area (Å²) in [5.74, 6) is 1.20. The summed E-state index contributed by atoms with van der Waals surface area (Å²) < 4.78 is 0. The first-order chi connectivity index (χ1) is 7.18. The molecule has 0 nitrogen and oxygen atoms in total. The van der Waals surface area contributed by atoms with Crippen molar-refractivity contribution < 1.29 is 0 Å². The molecule has 0 aromatic heterocycles. The lowest BCUT2D eigenvalue weighted by Gasteiger charge is -2.08. The molecule has 0 radical (unpaired) electrons. The van der Waals surface area contributed by atoms with Crippen LogP contribution in [0.2, 0.25) is 0 Å². The first-order valence-corrected chi connectivity index (χ1v) is 7.41. The zero-order chi connectivity index (χ0) is 10.8. The van der Waals surface area contributed by atoms with Crippen LogP contribution in [0.25, 0.3) is 10.8 Å². The minimum Gasteiger partial charge on any atom is -0.0616 e. The Kier molecular flexibility index (Phi) is 3.01. The average Bonchev–Trinajstić information content (AvgIpc) is 2.22. The van der Waals surface area contributed by atoms with Crippen LogP contribution in [0, 0.1) is 6.92 Å². The van der Waals surface area contributed by atoms with Gasteiger partial charge in [-0.1, -0.05) is 36.4 Å². The monoisotopic (exact) mass is 217 g/mol. The molecule has 0 aliphatic rings. The molecule has 2 rings (SSSR count). The van der Waals surface area contributed by atoms with Crippen molar-refractivity contribution in [2.75, 3.05) is 12.5 Å². The van der Waals surface area contributed by atoms with Crippen molar-refractivity contribution in [3.63, 3.8) is 0 Å². The van der Waals surface area contributed by atoms with E-state index in [2.05, 4.69) is 55.8 Å². The van der Waals surface area contributed by atoms with Gasteiger partial charge in [-0.15, -0.1) is 0 Å². The lowest BCUT2D eigenvalue weighted by molar-refractivity contribution is 1.34. The van der Waals surface area contributed by atoms with Crippen molar-refractivity contribution in [1.29, 1.82) is 0 Å². The third-order valence-electron chi connectivity index (χ3n) is 2.71. The molecule has 78 valence electrons. The summed E-state index contributed by atoms with van der Waals surface area (Å²) in [4.78, 5) is 0. The van der Waals surface area contributed by atoms with Gasteiger partial charge in [-0.25, -0.2) is 0 Å².